The second-order valence-corrected chi connectivity index (χ2v) is 14.2. The monoisotopic (exact) mass is 606 g/mol. The first-order valence-corrected chi connectivity index (χ1v) is 15.9. The molecule has 44 heavy (non-hydrogen) atoms. The normalized spacial score (nSPS) is 12.7. The molecule has 0 radical (unpaired) electrons. The van der Waals surface area contributed by atoms with Gasteiger partial charge >= 0.3 is 0 Å². The van der Waals surface area contributed by atoms with E-state index in [-0.39, 0.29) is 28.2 Å². The summed E-state index contributed by atoms with van der Waals surface area (Å²) in [5.74, 6) is 1.07. The Bertz CT molecular complexity index is 1670. The summed E-state index contributed by atoms with van der Waals surface area (Å²) in [4.78, 5) is 12.3. The topological polar surface area (TPSA) is 106 Å². The van der Waals surface area contributed by atoms with Gasteiger partial charge in [-0.1, -0.05) is 107 Å². The molecule has 2 heterocycles. The smallest absolute Gasteiger partial charge is 0.252 e. The third kappa shape index (κ3) is 7.59. The Morgan fingerprint density at radius 1 is 0.886 bits per heavy atom. The van der Waals surface area contributed by atoms with E-state index in [2.05, 4.69) is 106 Å². The highest BCUT2D eigenvalue weighted by Crippen LogP contribution is 2.43. The van der Waals surface area contributed by atoms with Gasteiger partial charge in [-0.3, -0.25) is 4.57 Å². The van der Waals surface area contributed by atoms with Crippen LogP contribution in [-0.2, 0) is 6.54 Å². The number of thiazole rings is 1. The molecule has 1 unspecified atom stereocenters. The Kier molecular flexibility index (Phi) is 10.0. The van der Waals surface area contributed by atoms with E-state index in [0.717, 1.165) is 40.6 Å². The molecule has 0 aliphatic carbocycles. The quantitative estimate of drug-likeness (QED) is 0.167. The van der Waals surface area contributed by atoms with E-state index < -0.39 is 0 Å². The molecule has 4 rings (SSSR count). The first-order chi connectivity index (χ1) is 20.9. The summed E-state index contributed by atoms with van der Waals surface area (Å²) in [6.07, 6.45) is 1.07. The van der Waals surface area contributed by atoms with E-state index in [9.17, 15) is 10.5 Å². The third-order valence-corrected chi connectivity index (χ3v) is 8.80. The molecule has 0 aliphatic heterocycles. The van der Waals surface area contributed by atoms with E-state index in [1.807, 2.05) is 36.4 Å². The van der Waals surface area contributed by atoms with E-state index in [1.165, 1.54) is 5.56 Å². The summed E-state index contributed by atoms with van der Waals surface area (Å²) >= 11 is 1.57. The standard InChI is InChI=1S/C35H42N8S/c1-9-42(10-2)33-39-31(30(44-33)26-14-12-11-13-15-26)40-41-32-38-28(21-36)29(22-37)43(32)23-24-16-18-25(19-17-24)27(35(6,7)8)20-34(3,4)5/h11-19,27H,9-10,20,23H2,1-8H3/b41-40+. The van der Waals surface area contributed by atoms with Crippen molar-refractivity contribution in [3.8, 4) is 22.6 Å². The van der Waals surface area contributed by atoms with Crippen LogP contribution in [0.1, 0.15) is 90.2 Å². The summed E-state index contributed by atoms with van der Waals surface area (Å²) in [5, 5.41) is 29.6. The number of rotatable bonds is 10. The van der Waals surface area contributed by atoms with Gasteiger partial charge < -0.3 is 4.90 Å². The third-order valence-electron chi connectivity index (χ3n) is 7.65. The van der Waals surface area contributed by atoms with Crippen LogP contribution in [0.2, 0.25) is 0 Å². The van der Waals surface area contributed by atoms with Crippen molar-refractivity contribution in [1.29, 1.82) is 10.5 Å². The molecule has 8 nitrogen and oxygen atoms in total. The Hall–Kier alpha value is -4.34. The van der Waals surface area contributed by atoms with Gasteiger partial charge in [0.1, 0.15) is 12.1 Å². The molecule has 0 aliphatic rings. The molecule has 1 atom stereocenters. The second kappa shape index (κ2) is 13.5. The number of hydrogen-bond acceptors (Lipinski definition) is 8. The minimum atomic E-state index is 0.0291. The lowest BCUT2D eigenvalue weighted by molar-refractivity contribution is 0.229. The van der Waals surface area contributed by atoms with Crippen LogP contribution in [0.25, 0.3) is 10.4 Å². The summed E-state index contributed by atoms with van der Waals surface area (Å²) in [6.45, 7) is 19.9. The molecule has 9 heteroatoms. The van der Waals surface area contributed by atoms with Crippen LogP contribution < -0.4 is 4.90 Å². The number of nitriles is 2. The van der Waals surface area contributed by atoms with Gasteiger partial charge in [0.05, 0.1) is 11.4 Å². The maximum absolute atomic E-state index is 9.98. The number of benzene rings is 2. The number of imidazole rings is 1. The average molecular weight is 607 g/mol. The van der Waals surface area contributed by atoms with Crippen molar-refractivity contribution >= 4 is 28.2 Å². The second-order valence-electron chi connectivity index (χ2n) is 13.2. The molecule has 0 amide bonds. The highest BCUT2D eigenvalue weighted by Gasteiger charge is 2.30. The largest absolute Gasteiger partial charge is 0.349 e. The molecular formula is C35H42N8S. The highest BCUT2D eigenvalue weighted by atomic mass is 32.1. The lowest BCUT2D eigenvalue weighted by Crippen LogP contribution is -2.23. The Balaban J connectivity index is 1.71. The van der Waals surface area contributed by atoms with E-state index >= 15 is 0 Å². The van der Waals surface area contributed by atoms with E-state index in [0.29, 0.717) is 18.3 Å². The average Bonchev–Trinajstić information content (AvgIpc) is 3.56. The van der Waals surface area contributed by atoms with Crippen molar-refractivity contribution < 1.29 is 0 Å². The van der Waals surface area contributed by atoms with Gasteiger partial charge in [-0.15, -0.1) is 10.2 Å². The van der Waals surface area contributed by atoms with Gasteiger partial charge in [0.2, 0.25) is 0 Å². The molecular weight excluding hydrogens is 565 g/mol. The molecule has 0 fully saturated rings. The van der Waals surface area contributed by atoms with Crippen LogP contribution >= 0.6 is 11.3 Å². The van der Waals surface area contributed by atoms with Crippen LogP contribution in [0.3, 0.4) is 0 Å². The number of hydrogen-bond donors (Lipinski definition) is 0. The van der Waals surface area contributed by atoms with Crippen LogP contribution in [0.4, 0.5) is 16.9 Å². The van der Waals surface area contributed by atoms with E-state index in [1.54, 1.807) is 15.9 Å². The number of anilines is 1. The molecule has 2 aromatic carbocycles. The minimum Gasteiger partial charge on any atom is -0.349 e. The Morgan fingerprint density at radius 3 is 2.09 bits per heavy atom. The molecule has 2 aromatic heterocycles. The fourth-order valence-corrected chi connectivity index (χ4v) is 6.43. The molecule has 0 saturated heterocycles. The number of nitrogens with zero attached hydrogens (tertiary/aromatic N) is 8. The molecule has 228 valence electrons. The van der Waals surface area contributed by atoms with Gasteiger partial charge in [0.25, 0.3) is 5.95 Å². The summed E-state index contributed by atoms with van der Waals surface area (Å²) in [6, 6.07) is 22.7. The van der Waals surface area contributed by atoms with Crippen molar-refractivity contribution in [3.63, 3.8) is 0 Å². The lowest BCUT2D eigenvalue weighted by Gasteiger charge is -2.36. The molecule has 0 N–H and O–H groups in total. The predicted molar refractivity (Wildman–Crippen MR) is 179 cm³/mol. The predicted octanol–water partition coefficient (Wildman–Crippen LogP) is 9.63. The van der Waals surface area contributed by atoms with Crippen molar-refractivity contribution in [1.82, 2.24) is 14.5 Å². The maximum atomic E-state index is 9.98. The van der Waals surface area contributed by atoms with Crippen LogP contribution in [0.5, 0.6) is 0 Å². The summed E-state index contributed by atoms with van der Waals surface area (Å²) in [7, 11) is 0. The maximum Gasteiger partial charge on any atom is 0.252 e. The Labute approximate surface area is 265 Å². The fourth-order valence-electron chi connectivity index (χ4n) is 5.30. The van der Waals surface area contributed by atoms with Gasteiger partial charge in [0.15, 0.2) is 22.3 Å². The Morgan fingerprint density at radius 2 is 1.55 bits per heavy atom. The van der Waals surface area contributed by atoms with Crippen molar-refractivity contribution in [2.45, 2.75) is 74.3 Å². The zero-order chi connectivity index (χ0) is 32.1. The van der Waals surface area contributed by atoms with Crippen molar-refractivity contribution in [2.24, 2.45) is 21.1 Å². The molecule has 4 aromatic rings. The van der Waals surface area contributed by atoms with Crippen molar-refractivity contribution in [3.05, 3.63) is 77.1 Å². The zero-order valence-electron chi connectivity index (χ0n) is 27.1. The highest BCUT2D eigenvalue weighted by molar-refractivity contribution is 7.19. The summed E-state index contributed by atoms with van der Waals surface area (Å²) in [5.41, 5.74) is 3.78. The summed E-state index contributed by atoms with van der Waals surface area (Å²) < 4.78 is 1.66. The number of azo groups is 1. The van der Waals surface area contributed by atoms with Gasteiger partial charge in [-0.05, 0) is 53.7 Å². The van der Waals surface area contributed by atoms with Crippen LogP contribution in [0, 0.1) is 33.5 Å². The molecule has 0 spiro atoms. The van der Waals surface area contributed by atoms with E-state index in [4.69, 9.17) is 4.98 Å². The SMILES string of the molecule is CCN(CC)c1nc(/N=N/c2nc(C#N)c(C#N)n2Cc2ccc(C(CC(C)(C)C)C(C)(C)C)cc2)c(-c2ccccc2)s1. The van der Waals surface area contributed by atoms with Crippen LogP contribution in [-0.4, -0.2) is 27.6 Å². The fraction of sp³-hybridized carbons (Fsp3) is 0.429. The van der Waals surface area contributed by atoms with Crippen molar-refractivity contribution in [2.75, 3.05) is 18.0 Å². The number of aromatic nitrogens is 3. The lowest BCUT2D eigenvalue weighted by atomic mass is 9.69. The first-order valence-electron chi connectivity index (χ1n) is 15.1. The molecule has 0 bridgehead atoms. The molecule has 0 saturated carbocycles. The first kappa shape index (κ1) is 32.6. The van der Waals surface area contributed by atoms with Crippen LogP contribution in [0.15, 0.2) is 64.8 Å². The van der Waals surface area contributed by atoms with Gasteiger partial charge in [-0.2, -0.15) is 20.5 Å². The minimum absolute atomic E-state index is 0.0291. The van der Waals surface area contributed by atoms with Gasteiger partial charge in [-0.25, -0.2) is 0 Å². The van der Waals surface area contributed by atoms with Gasteiger partial charge in [0, 0.05) is 13.1 Å². The zero-order valence-corrected chi connectivity index (χ0v) is 27.9.